The number of benzene rings is 2. The number of carbonyl (C=O) groups is 2. The SMILES string of the molecule is CC[C@@H](C)NC(=O)[C@H](C)N(Cc1cccc(Br)c1)C(=O)CCCN(c1ccc(F)cc1)S(C)(=O)=O. The van der Waals surface area contributed by atoms with E-state index in [2.05, 4.69) is 21.2 Å². The number of rotatable bonds is 12. The fourth-order valence-corrected chi connectivity index (χ4v) is 4.90. The van der Waals surface area contributed by atoms with Gasteiger partial charge in [-0.15, -0.1) is 0 Å². The molecule has 0 unspecified atom stereocenters. The van der Waals surface area contributed by atoms with Crippen LogP contribution in [-0.2, 0) is 26.2 Å². The summed E-state index contributed by atoms with van der Waals surface area (Å²) >= 11 is 3.43. The zero-order valence-electron chi connectivity index (χ0n) is 20.5. The lowest BCUT2D eigenvalue weighted by Crippen LogP contribution is -2.49. The van der Waals surface area contributed by atoms with Gasteiger partial charge in [-0.05, 0) is 68.7 Å². The van der Waals surface area contributed by atoms with Gasteiger partial charge in [0.15, 0.2) is 0 Å². The predicted octanol–water partition coefficient (Wildman–Crippen LogP) is 4.47. The fraction of sp³-hybridized carbons (Fsp3) is 0.440. The number of anilines is 1. The number of halogens is 2. The standard InChI is InChI=1S/C25H33BrFN3O4S/c1-5-18(2)28-25(32)19(3)29(17-20-8-6-9-21(26)16-20)24(31)10-7-15-30(35(4,33)34)23-13-11-22(27)12-14-23/h6,8-9,11-14,16,18-19H,5,7,10,15,17H2,1-4H3,(H,28,32)/t18-,19+/m1/s1. The fourth-order valence-electron chi connectivity index (χ4n) is 3.49. The Morgan fingerprint density at radius 2 is 1.77 bits per heavy atom. The van der Waals surface area contributed by atoms with Gasteiger partial charge in [0, 0.05) is 30.0 Å². The maximum absolute atomic E-state index is 13.3. The van der Waals surface area contributed by atoms with E-state index >= 15 is 0 Å². The monoisotopic (exact) mass is 569 g/mol. The molecule has 0 aliphatic carbocycles. The maximum Gasteiger partial charge on any atom is 0.242 e. The number of hydrogen-bond donors (Lipinski definition) is 1. The molecule has 2 amide bonds. The van der Waals surface area contributed by atoms with Gasteiger partial charge in [0.25, 0.3) is 0 Å². The van der Waals surface area contributed by atoms with Crippen LogP contribution in [0.3, 0.4) is 0 Å². The second-order valence-electron chi connectivity index (χ2n) is 8.56. The van der Waals surface area contributed by atoms with E-state index in [1.54, 1.807) is 6.92 Å². The minimum atomic E-state index is -3.63. The topological polar surface area (TPSA) is 86.8 Å². The molecule has 10 heteroatoms. The van der Waals surface area contributed by atoms with Crippen LogP contribution in [0, 0.1) is 5.82 Å². The highest BCUT2D eigenvalue weighted by Gasteiger charge is 2.27. The van der Waals surface area contributed by atoms with Crippen molar-refractivity contribution in [1.82, 2.24) is 10.2 Å². The van der Waals surface area contributed by atoms with Crippen molar-refractivity contribution >= 4 is 43.5 Å². The van der Waals surface area contributed by atoms with Gasteiger partial charge in [0.1, 0.15) is 11.9 Å². The van der Waals surface area contributed by atoms with Gasteiger partial charge in [-0.3, -0.25) is 13.9 Å². The summed E-state index contributed by atoms with van der Waals surface area (Å²) in [5.74, 6) is -0.971. The third-order valence-corrected chi connectivity index (χ3v) is 7.36. The number of hydrogen-bond acceptors (Lipinski definition) is 4. The molecular formula is C25H33BrFN3O4S. The van der Waals surface area contributed by atoms with Crippen molar-refractivity contribution in [3.8, 4) is 0 Å². The molecule has 0 spiro atoms. The lowest BCUT2D eigenvalue weighted by atomic mass is 10.1. The van der Waals surface area contributed by atoms with E-state index in [9.17, 15) is 22.4 Å². The Kier molecular flexibility index (Phi) is 10.7. The quantitative estimate of drug-likeness (QED) is 0.408. The van der Waals surface area contributed by atoms with Gasteiger partial charge in [0.2, 0.25) is 21.8 Å². The Morgan fingerprint density at radius 3 is 2.34 bits per heavy atom. The smallest absolute Gasteiger partial charge is 0.242 e. The zero-order chi connectivity index (χ0) is 26.2. The molecule has 192 valence electrons. The van der Waals surface area contributed by atoms with Crippen LogP contribution in [0.2, 0.25) is 0 Å². The van der Waals surface area contributed by atoms with Gasteiger partial charge < -0.3 is 10.2 Å². The van der Waals surface area contributed by atoms with Crippen LogP contribution in [0.1, 0.15) is 45.6 Å². The molecule has 0 saturated carbocycles. The van der Waals surface area contributed by atoms with Crippen LogP contribution >= 0.6 is 15.9 Å². The summed E-state index contributed by atoms with van der Waals surface area (Å²) in [6.07, 6.45) is 2.11. The number of nitrogens with one attached hydrogen (secondary N) is 1. The molecular weight excluding hydrogens is 537 g/mol. The Hall–Kier alpha value is -2.46. The van der Waals surface area contributed by atoms with Crippen LogP contribution in [0.15, 0.2) is 53.0 Å². The van der Waals surface area contributed by atoms with Crippen molar-refractivity contribution in [2.45, 2.75) is 58.7 Å². The molecule has 7 nitrogen and oxygen atoms in total. The number of amides is 2. The summed E-state index contributed by atoms with van der Waals surface area (Å²) in [5, 5.41) is 2.92. The first kappa shape index (κ1) is 28.8. The largest absolute Gasteiger partial charge is 0.352 e. The van der Waals surface area contributed by atoms with Gasteiger partial charge in [-0.1, -0.05) is 35.0 Å². The molecule has 1 N–H and O–H groups in total. The Morgan fingerprint density at radius 1 is 1.11 bits per heavy atom. The van der Waals surface area contributed by atoms with Crippen molar-refractivity contribution in [3.63, 3.8) is 0 Å². The second kappa shape index (κ2) is 13.0. The molecule has 2 aromatic carbocycles. The normalized spacial score (nSPS) is 13.1. The summed E-state index contributed by atoms with van der Waals surface area (Å²) in [5.41, 5.74) is 1.19. The van der Waals surface area contributed by atoms with Gasteiger partial charge in [-0.25, -0.2) is 12.8 Å². The molecule has 0 heterocycles. The zero-order valence-corrected chi connectivity index (χ0v) is 22.9. The van der Waals surface area contributed by atoms with Crippen LogP contribution in [0.5, 0.6) is 0 Å². The highest BCUT2D eigenvalue weighted by Crippen LogP contribution is 2.20. The van der Waals surface area contributed by atoms with Crippen LogP contribution in [0.4, 0.5) is 10.1 Å². The van der Waals surface area contributed by atoms with E-state index in [0.717, 1.165) is 27.0 Å². The first-order chi connectivity index (χ1) is 16.4. The molecule has 0 radical (unpaired) electrons. The second-order valence-corrected chi connectivity index (χ2v) is 11.4. The average Bonchev–Trinajstić information content (AvgIpc) is 2.79. The van der Waals surface area contributed by atoms with E-state index in [0.29, 0.717) is 5.69 Å². The molecule has 2 atom stereocenters. The molecule has 2 aromatic rings. The Balaban J connectivity index is 2.16. The summed E-state index contributed by atoms with van der Waals surface area (Å²) in [6, 6.07) is 11.9. The third kappa shape index (κ3) is 8.92. The van der Waals surface area contributed by atoms with Crippen LogP contribution < -0.4 is 9.62 Å². The minimum Gasteiger partial charge on any atom is -0.352 e. The Labute approximate surface area is 215 Å². The van der Waals surface area contributed by atoms with E-state index in [-0.39, 0.29) is 43.8 Å². The average molecular weight is 571 g/mol. The number of sulfonamides is 1. The molecule has 0 aliphatic heterocycles. The van der Waals surface area contributed by atoms with Gasteiger partial charge >= 0.3 is 0 Å². The highest BCUT2D eigenvalue weighted by atomic mass is 79.9. The molecule has 0 bridgehead atoms. The van der Waals surface area contributed by atoms with Crippen molar-refractivity contribution in [3.05, 3.63) is 64.4 Å². The third-order valence-electron chi connectivity index (χ3n) is 5.68. The molecule has 35 heavy (non-hydrogen) atoms. The molecule has 0 aliphatic rings. The van der Waals surface area contributed by atoms with E-state index in [1.807, 2.05) is 38.1 Å². The molecule has 0 fully saturated rings. The maximum atomic E-state index is 13.3. The van der Waals surface area contributed by atoms with Gasteiger partial charge in [0.05, 0.1) is 11.9 Å². The summed E-state index contributed by atoms with van der Waals surface area (Å²) in [7, 11) is -3.63. The summed E-state index contributed by atoms with van der Waals surface area (Å²) in [4.78, 5) is 27.6. The number of nitrogens with zero attached hydrogens (tertiary/aromatic N) is 2. The van der Waals surface area contributed by atoms with Crippen molar-refractivity contribution in [2.75, 3.05) is 17.1 Å². The first-order valence-electron chi connectivity index (χ1n) is 11.5. The summed E-state index contributed by atoms with van der Waals surface area (Å²) in [6.45, 7) is 5.85. The molecule has 0 saturated heterocycles. The molecule has 0 aromatic heterocycles. The first-order valence-corrected chi connectivity index (χ1v) is 14.1. The minimum absolute atomic E-state index is 0.0215. The Bertz CT molecular complexity index is 1110. The lowest BCUT2D eigenvalue weighted by Gasteiger charge is -2.30. The number of carbonyl (C=O) groups excluding carboxylic acids is 2. The van der Waals surface area contributed by atoms with Crippen LogP contribution in [-0.4, -0.2) is 50.0 Å². The van der Waals surface area contributed by atoms with Crippen LogP contribution in [0.25, 0.3) is 0 Å². The molecule has 2 rings (SSSR count). The van der Waals surface area contributed by atoms with Crippen molar-refractivity contribution in [1.29, 1.82) is 0 Å². The summed E-state index contributed by atoms with van der Waals surface area (Å²) < 4.78 is 39.9. The van der Waals surface area contributed by atoms with Crippen molar-refractivity contribution in [2.24, 2.45) is 0 Å². The van der Waals surface area contributed by atoms with Crippen molar-refractivity contribution < 1.29 is 22.4 Å². The predicted molar refractivity (Wildman–Crippen MR) is 140 cm³/mol. The van der Waals surface area contributed by atoms with E-state index < -0.39 is 21.9 Å². The van der Waals surface area contributed by atoms with Gasteiger partial charge in [-0.2, -0.15) is 0 Å². The van der Waals surface area contributed by atoms with E-state index in [1.165, 1.54) is 29.2 Å². The van der Waals surface area contributed by atoms with E-state index in [4.69, 9.17) is 0 Å². The lowest BCUT2D eigenvalue weighted by molar-refractivity contribution is -0.140. The highest BCUT2D eigenvalue weighted by molar-refractivity contribution is 9.10.